The lowest BCUT2D eigenvalue weighted by atomic mass is 10.1. The summed E-state index contributed by atoms with van der Waals surface area (Å²) in [6, 6.07) is 15.2. The number of anilines is 1. The molecule has 2 heterocycles. The molecule has 8 heteroatoms. The normalized spacial score (nSPS) is 10.8. The third kappa shape index (κ3) is 4.81. The maximum Gasteiger partial charge on any atom is 0.253 e. The first kappa shape index (κ1) is 22.0. The molecular formula is C24H22N4O2S2. The molecule has 4 rings (SSSR count). The molecule has 0 unspecified atom stereocenters. The van der Waals surface area contributed by atoms with Crippen LogP contribution in [0.1, 0.15) is 15.9 Å². The molecule has 0 saturated carbocycles. The van der Waals surface area contributed by atoms with Gasteiger partial charge < -0.3 is 10.2 Å². The molecule has 0 aliphatic rings. The van der Waals surface area contributed by atoms with Gasteiger partial charge >= 0.3 is 0 Å². The van der Waals surface area contributed by atoms with Crippen molar-refractivity contribution >= 4 is 50.8 Å². The number of benzene rings is 2. The first-order valence-corrected chi connectivity index (χ1v) is 11.8. The van der Waals surface area contributed by atoms with Gasteiger partial charge in [0.25, 0.3) is 5.91 Å². The van der Waals surface area contributed by atoms with Crippen LogP contribution < -0.4 is 5.32 Å². The third-order valence-corrected chi connectivity index (χ3v) is 6.74. The quantitative estimate of drug-likeness (QED) is 0.319. The van der Waals surface area contributed by atoms with Crippen molar-refractivity contribution in [1.29, 1.82) is 0 Å². The number of nitrogens with zero attached hydrogens (tertiary/aromatic N) is 3. The highest BCUT2D eigenvalue weighted by Gasteiger charge is 2.15. The molecule has 0 fully saturated rings. The molecule has 0 spiro atoms. The van der Waals surface area contributed by atoms with Crippen molar-refractivity contribution in [2.45, 2.75) is 11.9 Å². The Morgan fingerprint density at radius 1 is 1.03 bits per heavy atom. The fraction of sp³-hybridized carbons (Fsp3) is 0.167. The highest BCUT2D eigenvalue weighted by Crippen LogP contribution is 2.37. The van der Waals surface area contributed by atoms with Crippen LogP contribution in [0.3, 0.4) is 0 Å². The summed E-state index contributed by atoms with van der Waals surface area (Å²) in [5.41, 5.74) is 4.61. The molecule has 0 radical (unpaired) electrons. The Labute approximate surface area is 194 Å². The van der Waals surface area contributed by atoms with E-state index in [1.54, 1.807) is 56.0 Å². The Hall–Kier alpha value is -3.23. The number of amides is 2. The average molecular weight is 463 g/mol. The molecule has 0 bridgehead atoms. The smallest absolute Gasteiger partial charge is 0.253 e. The Balaban J connectivity index is 1.47. The number of hydrogen-bond acceptors (Lipinski definition) is 6. The van der Waals surface area contributed by atoms with E-state index in [1.807, 2.05) is 0 Å². The van der Waals surface area contributed by atoms with Gasteiger partial charge in [-0.1, -0.05) is 41.6 Å². The van der Waals surface area contributed by atoms with E-state index in [0.717, 1.165) is 26.4 Å². The van der Waals surface area contributed by atoms with Gasteiger partial charge in [0.1, 0.15) is 16.2 Å². The van der Waals surface area contributed by atoms with Crippen LogP contribution in [0.25, 0.3) is 21.3 Å². The summed E-state index contributed by atoms with van der Waals surface area (Å²) in [6.45, 7) is 2.06. The lowest BCUT2D eigenvalue weighted by molar-refractivity contribution is -0.113. The highest BCUT2D eigenvalue weighted by atomic mass is 32.2. The molecule has 2 aromatic carbocycles. The predicted molar refractivity (Wildman–Crippen MR) is 131 cm³/mol. The van der Waals surface area contributed by atoms with E-state index in [0.29, 0.717) is 11.3 Å². The van der Waals surface area contributed by atoms with Gasteiger partial charge in [0, 0.05) is 36.3 Å². The number of thioether (sulfide) groups is 1. The summed E-state index contributed by atoms with van der Waals surface area (Å²) < 4.78 is 0. The summed E-state index contributed by atoms with van der Waals surface area (Å²) in [6.07, 6.45) is 1.54. The number of aromatic nitrogens is 2. The van der Waals surface area contributed by atoms with Crippen molar-refractivity contribution in [2.75, 3.05) is 25.2 Å². The van der Waals surface area contributed by atoms with Crippen LogP contribution in [0, 0.1) is 6.92 Å². The van der Waals surface area contributed by atoms with Crippen LogP contribution in [-0.2, 0) is 4.79 Å². The summed E-state index contributed by atoms with van der Waals surface area (Å²) in [5, 5.41) is 6.73. The van der Waals surface area contributed by atoms with Crippen LogP contribution in [0.15, 0.2) is 65.3 Å². The highest BCUT2D eigenvalue weighted by molar-refractivity contribution is 8.00. The monoisotopic (exact) mass is 462 g/mol. The van der Waals surface area contributed by atoms with Crippen molar-refractivity contribution in [3.8, 4) is 11.1 Å². The minimum absolute atomic E-state index is 0.0774. The van der Waals surface area contributed by atoms with Gasteiger partial charge in [0.15, 0.2) is 0 Å². The maximum atomic E-state index is 12.5. The van der Waals surface area contributed by atoms with Gasteiger partial charge in [0.2, 0.25) is 5.91 Å². The predicted octanol–water partition coefficient (Wildman–Crippen LogP) is 5.10. The molecule has 1 N–H and O–H groups in total. The van der Waals surface area contributed by atoms with E-state index in [9.17, 15) is 9.59 Å². The van der Waals surface area contributed by atoms with Gasteiger partial charge in [-0.3, -0.25) is 9.59 Å². The standard InChI is InChI=1S/C24H22N4O2S2/c1-15-4-6-16(7-5-15)19-12-31-22-21(19)23(26-14-25-22)32-13-20(29)27-18-10-8-17(9-11-18)24(30)28(2)3/h4-12,14H,13H2,1-3H3,(H,27,29). The molecule has 6 nitrogen and oxygen atoms in total. The molecule has 0 saturated heterocycles. The largest absolute Gasteiger partial charge is 0.345 e. The van der Waals surface area contributed by atoms with Gasteiger partial charge in [0.05, 0.1) is 11.1 Å². The Kier molecular flexibility index (Phi) is 6.53. The SMILES string of the molecule is Cc1ccc(-c2csc3ncnc(SCC(=O)Nc4ccc(C(=O)N(C)C)cc4)c23)cc1. The molecule has 2 aromatic heterocycles. The minimum Gasteiger partial charge on any atom is -0.345 e. The second kappa shape index (κ2) is 9.50. The number of rotatable bonds is 6. The Bertz CT molecular complexity index is 1270. The van der Waals surface area contributed by atoms with Crippen molar-refractivity contribution in [3.05, 3.63) is 71.4 Å². The molecule has 32 heavy (non-hydrogen) atoms. The first-order valence-electron chi connectivity index (χ1n) is 9.96. The minimum atomic E-state index is -0.138. The van der Waals surface area contributed by atoms with Crippen LogP contribution in [0.4, 0.5) is 5.69 Å². The van der Waals surface area contributed by atoms with Crippen molar-refractivity contribution in [1.82, 2.24) is 14.9 Å². The number of fused-ring (bicyclic) bond motifs is 1. The number of thiophene rings is 1. The van der Waals surface area contributed by atoms with Crippen molar-refractivity contribution < 1.29 is 9.59 Å². The van der Waals surface area contributed by atoms with E-state index in [-0.39, 0.29) is 17.6 Å². The van der Waals surface area contributed by atoms with Gasteiger partial charge in [-0.25, -0.2) is 9.97 Å². The molecule has 2 amide bonds. The molecular weight excluding hydrogens is 440 g/mol. The summed E-state index contributed by atoms with van der Waals surface area (Å²) in [7, 11) is 3.41. The molecule has 0 atom stereocenters. The molecule has 4 aromatic rings. The van der Waals surface area contributed by atoms with E-state index in [1.165, 1.54) is 22.2 Å². The lowest BCUT2D eigenvalue weighted by Gasteiger charge is -2.11. The summed E-state index contributed by atoms with van der Waals surface area (Å²) in [5.74, 6) is 0.000133. The second-order valence-electron chi connectivity index (χ2n) is 7.49. The Morgan fingerprint density at radius 2 is 1.75 bits per heavy atom. The zero-order chi connectivity index (χ0) is 22.7. The lowest BCUT2D eigenvalue weighted by Crippen LogP contribution is -2.21. The van der Waals surface area contributed by atoms with Crippen LogP contribution in [0.5, 0.6) is 0 Å². The average Bonchev–Trinajstić information content (AvgIpc) is 3.23. The summed E-state index contributed by atoms with van der Waals surface area (Å²) >= 11 is 2.96. The summed E-state index contributed by atoms with van der Waals surface area (Å²) in [4.78, 5) is 35.8. The molecule has 0 aliphatic carbocycles. The topological polar surface area (TPSA) is 75.2 Å². The fourth-order valence-corrected chi connectivity index (χ4v) is 4.98. The van der Waals surface area contributed by atoms with Gasteiger partial charge in [-0.2, -0.15) is 0 Å². The van der Waals surface area contributed by atoms with E-state index in [4.69, 9.17) is 0 Å². The zero-order valence-corrected chi connectivity index (χ0v) is 19.6. The van der Waals surface area contributed by atoms with E-state index < -0.39 is 0 Å². The Morgan fingerprint density at radius 3 is 2.44 bits per heavy atom. The van der Waals surface area contributed by atoms with Crippen LogP contribution in [0.2, 0.25) is 0 Å². The molecule has 0 aliphatic heterocycles. The number of nitrogens with one attached hydrogen (secondary N) is 1. The first-order chi connectivity index (χ1) is 15.4. The number of hydrogen-bond donors (Lipinski definition) is 1. The van der Waals surface area contributed by atoms with Crippen molar-refractivity contribution in [2.24, 2.45) is 0 Å². The second-order valence-corrected chi connectivity index (χ2v) is 9.31. The number of carbonyl (C=O) groups is 2. The molecule has 162 valence electrons. The van der Waals surface area contributed by atoms with Crippen LogP contribution >= 0.6 is 23.1 Å². The van der Waals surface area contributed by atoms with Crippen molar-refractivity contribution in [3.63, 3.8) is 0 Å². The third-order valence-electron chi connectivity index (χ3n) is 4.86. The van der Waals surface area contributed by atoms with E-state index in [2.05, 4.69) is 51.9 Å². The van der Waals surface area contributed by atoms with E-state index >= 15 is 0 Å². The number of carbonyl (C=O) groups excluding carboxylic acids is 2. The maximum absolute atomic E-state index is 12.5. The fourth-order valence-electron chi connectivity index (χ4n) is 3.19. The van der Waals surface area contributed by atoms with Gasteiger partial charge in [-0.05, 0) is 36.8 Å². The zero-order valence-electron chi connectivity index (χ0n) is 18.0. The number of aryl methyl sites for hydroxylation is 1. The van der Waals surface area contributed by atoms with Crippen LogP contribution in [-0.4, -0.2) is 46.5 Å². The van der Waals surface area contributed by atoms with Gasteiger partial charge in [-0.15, -0.1) is 11.3 Å².